The molecule has 0 bridgehead atoms. The maximum Gasteiger partial charge on any atom is 0.137 e. The Bertz CT molecular complexity index is 347. The standard InChI is InChI=1S/C8H8ClN3O/c9-7-3-1-2-6(8(7)13)4-5-11-12-10/h1-3,13H,4-5H2. The van der Waals surface area contributed by atoms with Crippen molar-refractivity contribution < 1.29 is 5.11 Å². The van der Waals surface area contributed by atoms with E-state index in [4.69, 9.17) is 17.1 Å². The van der Waals surface area contributed by atoms with E-state index >= 15 is 0 Å². The average molecular weight is 198 g/mol. The summed E-state index contributed by atoms with van der Waals surface area (Å²) >= 11 is 5.67. The molecule has 0 aliphatic heterocycles. The van der Waals surface area contributed by atoms with Gasteiger partial charge in [0.1, 0.15) is 5.75 Å². The van der Waals surface area contributed by atoms with Gasteiger partial charge in [0.2, 0.25) is 0 Å². The van der Waals surface area contributed by atoms with Gasteiger partial charge in [-0.1, -0.05) is 28.8 Å². The van der Waals surface area contributed by atoms with E-state index < -0.39 is 0 Å². The van der Waals surface area contributed by atoms with Crippen molar-refractivity contribution in [1.82, 2.24) is 0 Å². The molecule has 0 saturated carbocycles. The van der Waals surface area contributed by atoms with Gasteiger partial charge in [0.25, 0.3) is 0 Å². The Kier molecular flexibility index (Phi) is 3.43. The van der Waals surface area contributed by atoms with Crippen LogP contribution in [-0.2, 0) is 6.42 Å². The summed E-state index contributed by atoms with van der Waals surface area (Å²) in [5.74, 6) is 0.0670. The topological polar surface area (TPSA) is 69.0 Å². The Labute approximate surface area is 80.4 Å². The van der Waals surface area contributed by atoms with E-state index in [-0.39, 0.29) is 5.75 Å². The summed E-state index contributed by atoms with van der Waals surface area (Å²) in [6.07, 6.45) is 0.496. The monoisotopic (exact) mass is 197 g/mol. The Balaban J connectivity index is 2.76. The second kappa shape index (κ2) is 4.60. The van der Waals surface area contributed by atoms with Crippen LogP contribution in [-0.4, -0.2) is 11.7 Å². The highest BCUT2D eigenvalue weighted by Gasteiger charge is 2.03. The largest absolute Gasteiger partial charge is 0.506 e. The van der Waals surface area contributed by atoms with Crippen LogP contribution in [0.15, 0.2) is 23.3 Å². The first-order chi connectivity index (χ1) is 6.25. The van der Waals surface area contributed by atoms with Crippen LogP contribution >= 0.6 is 11.6 Å². The van der Waals surface area contributed by atoms with Crippen LogP contribution in [0.3, 0.4) is 0 Å². The SMILES string of the molecule is [N-]=[N+]=NCCc1cccc(Cl)c1O. The number of rotatable bonds is 3. The van der Waals surface area contributed by atoms with Gasteiger partial charge in [-0.25, -0.2) is 0 Å². The molecule has 0 unspecified atom stereocenters. The van der Waals surface area contributed by atoms with Crippen molar-refractivity contribution >= 4 is 11.6 Å². The predicted molar refractivity (Wildman–Crippen MR) is 50.8 cm³/mol. The van der Waals surface area contributed by atoms with Gasteiger partial charge in [-0.15, -0.1) is 0 Å². The number of hydrogen-bond donors (Lipinski definition) is 1. The van der Waals surface area contributed by atoms with Gasteiger partial charge in [-0.3, -0.25) is 0 Å². The van der Waals surface area contributed by atoms with E-state index in [9.17, 15) is 5.11 Å². The van der Waals surface area contributed by atoms with Crippen LogP contribution in [0.2, 0.25) is 5.02 Å². The molecule has 0 aliphatic carbocycles. The lowest BCUT2D eigenvalue weighted by Crippen LogP contribution is -1.89. The van der Waals surface area contributed by atoms with Crippen LogP contribution in [0.4, 0.5) is 0 Å². The number of phenolic OH excluding ortho intramolecular Hbond substituents is 1. The number of benzene rings is 1. The predicted octanol–water partition coefficient (Wildman–Crippen LogP) is 2.90. The number of azide groups is 1. The lowest BCUT2D eigenvalue weighted by atomic mass is 10.1. The van der Waals surface area contributed by atoms with Gasteiger partial charge in [-0.2, -0.15) is 0 Å². The zero-order chi connectivity index (χ0) is 9.68. The van der Waals surface area contributed by atoms with Gasteiger partial charge in [0, 0.05) is 11.5 Å². The van der Waals surface area contributed by atoms with Gasteiger partial charge >= 0.3 is 0 Å². The number of aromatic hydroxyl groups is 1. The zero-order valence-corrected chi connectivity index (χ0v) is 7.57. The Hall–Kier alpha value is -1.38. The molecule has 0 aromatic heterocycles. The molecule has 0 spiro atoms. The molecular formula is C8H8ClN3O. The molecule has 0 atom stereocenters. The van der Waals surface area contributed by atoms with E-state index in [0.29, 0.717) is 23.6 Å². The highest BCUT2D eigenvalue weighted by molar-refractivity contribution is 6.32. The second-order valence-corrected chi connectivity index (χ2v) is 2.86. The summed E-state index contributed by atoms with van der Waals surface area (Å²) in [6.45, 7) is 0.324. The first-order valence-corrected chi connectivity index (χ1v) is 4.10. The summed E-state index contributed by atoms with van der Waals surface area (Å²) in [5.41, 5.74) is 8.73. The lowest BCUT2D eigenvalue weighted by molar-refractivity contribution is 0.468. The minimum Gasteiger partial charge on any atom is -0.506 e. The van der Waals surface area contributed by atoms with E-state index in [1.165, 1.54) is 0 Å². The fourth-order valence-electron chi connectivity index (χ4n) is 0.977. The molecule has 13 heavy (non-hydrogen) atoms. The molecule has 1 aromatic carbocycles. The first-order valence-electron chi connectivity index (χ1n) is 3.73. The third-order valence-corrected chi connectivity index (χ3v) is 1.92. The van der Waals surface area contributed by atoms with Gasteiger partial charge in [0.05, 0.1) is 5.02 Å². The number of phenols is 1. The fourth-order valence-corrected chi connectivity index (χ4v) is 1.17. The number of hydrogen-bond acceptors (Lipinski definition) is 2. The molecule has 1 N–H and O–H groups in total. The third kappa shape index (κ3) is 2.54. The van der Waals surface area contributed by atoms with Crippen LogP contribution < -0.4 is 0 Å². The molecule has 0 aliphatic rings. The van der Waals surface area contributed by atoms with E-state index in [1.807, 2.05) is 0 Å². The summed E-state index contributed by atoms with van der Waals surface area (Å²) < 4.78 is 0. The minimum atomic E-state index is 0.0670. The maximum atomic E-state index is 9.43. The van der Waals surface area contributed by atoms with E-state index in [2.05, 4.69) is 10.0 Å². The van der Waals surface area contributed by atoms with E-state index in [1.54, 1.807) is 18.2 Å². The molecule has 1 rings (SSSR count). The Morgan fingerprint density at radius 3 is 3.00 bits per heavy atom. The van der Waals surface area contributed by atoms with Crippen LogP contribution in [0.5, 0.6) is 5.75 Å². The summed E-state index contributed by atoms with van der Waals surface area (Å²) in [6, 6.07) is 5.09. The Morgan fingerprint density at radius 2 is 2.31 bits per heavy atom. The zero-order valence-electron chi connectivity index (χ0n) is 6.81. The van der Waals surface area contributed by atoms with Crippen molar-refractivity contribution in [2.75, 3.05) is 6.54 Å². The van der Waals surface area contributed by atoms with Crippen molar-refractivity contribution in [3.05, 3.63) is 39.2 Å². The molecule has 0 fully saturated rings. The highest BCUT2D eigenvalue weighted by atomic mass is 35.5. The molecule has 0 amide bonds. The van der Waals surface area contributed by atoms with Crippen molar-refractivity contribution in [3.63, 3.8) is 0 Å². The third-order valence-electron chi connectivity index (χ3n) is 1.61. The normalized spacial score (nSPS) is 9.31. The van der Waals surface area contributed by atoms with Crippen LogP contribution in [0.1, 0.15) is 5.56 Å². The quantitative estimate of drug-likeness (QED) is 0.452. The fraction of sp³-hybridized carbons (Fsp3) is 0.250. The van der Waals surface area contributed by atoms with Gasteiger partial charge < -0.3 is 5.11 Å². The van der Waals surface area contributed by atoms with Crippen LogP contribution in [0, 0.1) is 0 Å². The summed E-state index contributed by atoms with van der Waals surface area (Å²) in [7, 11) is 0. The Morgan fingerprint density at radius 1 is 1.54 bits per heavy atom. The number of para-hydroxylation sites is 1. The van der Waals surface area contributed by atoms with Gasteiger partial charge in [0.15, 0.2) is 0 Å². The van der Waals surface area contributed by atoms with Crippen molar-refractivity contribution in [1.29, 1.82) is 0 Å². The van der Waals surface area contributed by atoms with Gasteiger partial charge in [-0.05, 0) is 23.6 Å². The average Bonchev–Trinajstić information content (AvgIpc) is 2.13. The second-order valence-electron chi connectivity index (χ2n) is 2.45. The molecule has 1 aromatic rings. The smallest absolute Gasteiger partial charge is 0.137 e. The number of nitrogens with zero attached hydrogens (tertiary/aromatic N) is 3. The molecular weight excluding hydrogens is 190 g/mol. The number of halogens is 1. The van der Waals surface area contributed by atoms with Crippen molar-refractivity contribution in [2.24, 2.45) is 5.11 Å². The minimum absolute atomic E-state index is 0.0670. The first kappa shape index (κ1) is 9.71. The molecule has 0 heterocycles. The molecule has 0 saturated heterocycles. The molecule has 5 heteroatoms. The highest BCUT2D eigenvalue weighted by Crippen LogP contribution is 2.26. The summed E-state index contributed by atoms with van der Waals surface area (Å²) in [5, 5.41) is 13.1. The molecule has 4 nitrogen and oxygen atoms in total. The van der Waals surface area contributed by atoms with E-state index in [0.717, 1.165) is 0 Å². The molecule has 0 radical (unpaired) electrons. The van der Waals surface area contributed by atoms with Crippen molar-refractivity contribution in [2.45, 2.75) is 6.42 Å². The van der Waals surface area contributed by atoms with Crippen molar-refractivity contribution in [3.8, 4) is 5.75 Å². The van der Waals surface area contributed by atoms with Crippen LogP contribution in [0.25, 0.3) is 10.4 Å². The molecule has 68 valence electrons. The maximum absolute atomic E-state index is 9.43. The summed E-state index contributed by atoms with van der Waals surface area (Å²) in [4.78, 5) is 2.61. The lowest BCUT2D eigenvalue weighted by Gasteiger charge is -2.02.